The molecule has 0 saturated heterocycles. The largest absolute Gasteiger partial charge is 0.390 e. The molecule has 0 aromatic rings. The molecule has 4 nitrogen and oxygen atoms in total. The molecule has 4 heteroatoms. The Bertz CT molecular complexity index is 134. The second-order valence-corrected chi connectivity index (χ2v) is 4.08. The van der Waals surface area contributed by atoms with Crippen molar-refractivity contribution < 1.29 is 14.6 Å². The SMILES string of the molecule is COCC(CNCCC(C)(C)O)OC. The van der Waals surface area contributed by atoms with Crippen molar-refractivity contribution in [2.75, 3.05) is 33.9 Å². The fourth-order valence-corrected chi connectivity index (χ4v) is 1.05. The molecule has 0 heterocycles. The molecule has 1 atom stereocenters. The van der Waals surface area contributed by atoms with Crippen molar-refractivity contribution in [3.05, 3.63) is 0 Å². The van der Waals surface area contributed by atoms with E-state index in [4.69, 9.17) is 9.47 Å². The Labute approximate surface area is 86.6 Å². The highest BCUT2D eigenvalue weighted by atomic mass is 16.5. The van der Waals surface area contributed by atoms with Gasteiger partial charge in [-0.05, 0) is 26.8 Å². The Morgan fingerprint density at radius 3 is 2.43 bits per heavy atom. The normalized spacial score (nSPS) is 14.4. The van der Waals surface area contributed by atoms with Gasteiger partial charge in [0.05, 0.1) is 18.3 Å². The van der Waals surface area contributed by atoms with E-state index >= 15 is 0 Å². The minimum atomic E-state index is -0.600. The average molecular weight is 205 g/mol. The van der Waals surface area contributed by atoms with Crippen molar-refractivity contribution in [3.63, 3.8) is 0 Å². The van der Waals surface area contributed by atoms with Crippen LogP contribution in [0.2, 0.25) is 0 Å². The topological polar surface area (TPSA) is 50.7 Å². The standard InChI is InChI=1S/C10H23NO3/c1-10(2,12)5-6-11-7-9(14-4)8-13-3/h9,11-12H,5-8H2,1-4H3. The summed E-state index contributed by atoms with van der Waals surface area (Å²) >= 11 is 0. The molecule has 0 fully saturated rings. The predicted octanol–water partition coefficient (Wildman–Crippen LogP) is 0.398. The Hall–Kier alpha value is -0.160. The van der Waals surface area contributed by atoms with Gasteiger partial charge in [-0.2, -0.15) is 0 Å². The molecule has 0 amide bonds. The summed E-state index contributed by atoms with van der Waals surface area (Å²) in [6.07, 6.45) is 0.818. The summed E-state index contributed by atoms with van der Waals surface area (Å²) in [6, 6.07) is 0. The van der Waals surface area contributed by atoms with Gasteiger partial charge < -0.3 is 19.9 Å². The third-order valence-corrected chi connectivity index (χ3v) is 1.97. The molecule has 1 unspecified atom stereocenters. The van der Waals surface area contributed by atoms with Crippen LogP contribution in [0.15, 0.2) is 0 Å². The van der Waals surface area contributed by atoms with Crippen LogP contribution in [-0.4, -0.2) is 50.7 Å². The van der Waals surface area contributed by atoms with Crippen LogP contribution in [0.4, 0.5) is 0 Å². The van der Waals surface area contributed by atoms with E-state index in [1.165, 1.54) is 0 Å². The van der Waals surface area contributed by atoms with Gasteiger partial charge in [0.25, 0.3) is 0 Å². The van der Waals surface area contributed by atoms with Gasteiger partial charge in [-0.25, -0.2) is 0 Å². The molecule has 0 bridgehead atoms. The van der Waals surface area contributed by atoms with Gasteiger partial charge >= 0.3 is 0 Å². The van der Waals surface area contributed by atoms with Crippen molar-refractivity contribution in [3.8, 4) is 0 Å². The zero-order chi connectivity index (χ0) is 11.0. The first kappa shape index (κ1) is 13.8. The van der Waals surface area contributed by atoms with Crippen molar-refractivity contribution in [1.82, 2.24) is 5.32 Å². The molecule has 14 heavy (non-hydrogen) atoms. The molecule has 0 saturated carbocycles. The van der Waals surface area contributed by atoms with E-state index in [-0.39, 0.29) is 6.10 Å². The third-order valence-electron chi connectivity index (χ3n) is 1.97. The molecule has 0 radical (unpaired) electrons. The highest BCUT2D eigenvalue weighted by Gasteiger charge is 2.12. The highest BCUT2D eigenvalue weighted by molar-refractivity contribution is 4.68. The van der Waals surface area contributed by atoms with Gasteiger partial charge in [0.15, 0.2) is 0 Å². The first-order valence-electron chi connectivity index (χ1n) is 4.94. The number of ether oxygens (including phenoxy) is 2. The van der Waals surface area contributed by atoms with Gasteiger partial charge in [0.1, 0.15) is 0 Å². The maximum atomic E-state index is 9.45. The fraction of sp³-hybridized carbons (Fsp3) is 1.00. The zero-order valence-electron chi connectivity index (χ0n) is 9.67. The Kier molecular flexibility index (Phi) is 7.09. The monoisotopic (exact) mass is 205 g/mol. The number of hydrogen-bond donors (Lipinski definition) is 2. The number of hydrogen-bond acceptors (Lipinski definition) is 4. The fourth-order valence-electron chi connectivity index (χ4n) is 1.05. The van der Waals surface area contributed by atoms with E-state index in [2.05, 4.69) is 5.32 Å². The molecule has 0 aliphatic carbocycles. The van der Waals surface area contributed by atoms with Crippen molar-refractivity contribution in [1.29, 1.82) is 0 Å². The summed E-state index contributed by atoms with van der Waals surface area (Å²) in [5.74, 6) is 0. The third kappa shape index (κ3) is 8.44. The second-order valence-electron chi connectivity index (χ2n) is 4.08. The second kappa shape index (κ2) is 7.17. The van der Waals surface area contributed by atoms with E-state index < -0.39 is 5.60 Å². The lowest BCUT2D eigenvalue weighted by atomic mass is 10.1. The number of aliphatic hydroxyl groups is 1. The molecule has 0 aromatic heterocycles. The van der Waals surface area contributed by atoms with Gasteiger partial charge in [0, 0.05) is 20.8 Å². The lowest BCUT2D eigenvalue weighted by molar-refractivity contribution is 0.0267. The minimum Gasteiger partial charge on any atom is -0.390 e. The molecule has 2 N–H and O–H groups in total. The molecular formula is C10H23NO3. The van der Waals surface area contributed by atoms with Crippen molar-refractivity contribution in [2.24, 2.45) is 0 Å². The van der Waals surface area contributed by atoms with Gasteiger partial charge in [-0.1, -0.05) is 0 Å². The van der Waals surface area contributed by atoms with Crippen molar-refractivity contribution in [2.45, 2.75) is 32.0 Å². The summed E-state index contributed by atoms with van der Waals surface area (Å²) in [5.41, 5.74) is -0.600. The maximum Gasteiger partial charge on any atom is 0.0928 e. The smallest absolute Gasteiger partial charge is 0.0928 e. The Morgan fingerprint density at radius 2 is 2.00 bits per heavy atom. The summed E-state index contributed by atoms with van der Waals surface area (Å²) in [5, 5.41) is 12.7. The summed E-state index contributed by atoms with van der Waals surface area (Å²) in [7, 11) is 3.32. The van der Waals surface area contributed by atoms with E-state index in [9.17, 15) is 5.11 Å². The maximum absolute atomic E-state index is 9.45. The lowest BCUT2D eigenvalue weighted by Crippen LogP contribution is -2.34. The average Bonchev–Trinajstić information content (AvgIpc) is 2.08. The summed E-state index contributed by atoms with van der Waals surface area (Å²) in [6.45, 7) is 5.73. The Morgan fingerprint density at radius 1 is 1.36 bits per heavy atom. The quantitative estimate of drug-likeness (QED) is 0.563. The number of methoxy groups -OCH3 is 2. The highest BCUT2D eigenvalue weighted by Crippen LogP contribution is 2.04. The van der Waals surface area contributed by atoms with Crippen LogP contribution in [0.25, 0.3) is 0 Å². The first-order chi connectivity index (χ1) is 6.49. The molecule has 0 aliphatic rings. The van der Waals surface area contributed by atoms with E-state index in [0.29, 0.717) is 6.61 Å². The molecule has 0 spiro atoms. The number of nitrogens with one attached hydrogen (secondary N) is 1. The van der Waals surface area contributed by atoms with Gasteiger partial charge in [-0.15, -0.1) is 0 Å². The minimum absolute atomic E-state index is 0.0850. The molecule has 0 rings (SSSR count). The first-order valence-corrected chi connectivity index (χ1v) is 4.94. The van der Waals surface area contributed by atoms with Crippen LogP contribution >= 0.6 is 0 Å². The summed E-state index contributed by atoms with van der Waals surface area (Å²) < 4.78 is 10.2. The molecule has 0 aromatic carbocycles. The van der Waals surface area contributed by atoms with Gasteiger partial charge in [0.2, 0.25) is 0 Å². The predicted molar refractivity (Wildman–Crippen MR) is 56.5 cm³/mol. The molecule has 86 valence electrons. The van der Waals surface area contributed by atoms with Crippen molar-refractivity contribution >= 4 is 0 Å². The van der Waals surface area contributed by atoms with Crippen LogP contribution < -0.4 is 5.32 Å². The van der Waals surface area contributed by atoms with E-state index in [0.717, 1.165) is 19.5 Å². The Balaban J connectivity index is 3.42. The number of rotatable bonds is 8. The van der Waals surface area contributed by atoms with Gasteiger partial charge in [-0.3, -0.25) is 0 Å². The van der Waals surface area contributed by atoms with Crippen LogP contribution in [-0.2, 0) is 9.47 Å². The van der Waals surface area contributed by atoms with E-state index in [1.54, 1.807) is 28.1 Å². The van der Waals surface area contributed by atoms with Crippen LogP contribution in [0.5, 0.6) is 0 Å². The lowest BCUT2D eigenvalue weighted by Gasteiger charge is -2.19. The zero-order valence-corrected chi connectivity index (χ0v) is 9.67. The summed E-state index contributed by atoms with van der Waals surface area (Å²) in [4.78, 5) is 0. The molecular weight excluding hydrogens is 182 g/mol. The van der Waals surface area contributed by atoms with Crippen LogP contribution in [0.1, 0.15) is 20.3 Å². The molecule has 0 aliphatic heterocycles. The van der Waals surface area contributed by atoms with E-state index in [1.807, 2.05) is 0 Å². The van der Waals surface area contributed by atoms with Crippen LogP contribution in [0.3, 0.4) is 0 Å². The van der Waals surface area contributed by atoms with Crippen LogP contribution in [0, 0.1) is 0 Å².